The van der Waals surface area contributed by atoms with Gasteiger partial charge in [0.15, 0.2) is 0 Å². The zero-order chi connectivity index (χ0) is 20.2. The molecule has 1 unspecified atom stereocenters. The van der Waals surface area contributed by atoms with E-state index in [2.05, 4.69) is 6.92 Å². The number of carbonyl (C=O) groups excluding carboxylic acids is 1. The summed E-state index contributed by atoms with van der Waals surface area (Å²) >= 11 is 0. The van der Waals surface area contributed by atoms with Crippen LogP contribution in [0.3, 0.4) is 0 Å². The van der Waals surface area contributed by atoms with Crippen molar-refractivity contribution < 1.29 is 19.4 Å². The average Bonchev–Trinajstić information content (AvgIpc) is 2.64. The highest BCUT2D eigenvalue weighted by Gasteiger charge is 2.15. The molecule has 4 nitrogen and oxygen atoms in total. The summed E-state index contributed by atoms with van der Waals surface area (Å²) in [4.78, 5) is 22.4. The molecule has 0 fully saturated rings. The Hall–Kier alpha value is -1.06. The number of carbonyl (C=O) groups is 2. The van der Waals surface area contributed by atoms with Crippen molar-refractivity contribution in [3.8, 4) is 0 Å². The molecule has 160 valence electrons. The Bertz CT molecular complexity index is 354. The summed E-state index contributed by atoms with van der Waals surface area (Å²) in [5.74, 6) is -1.17. The van der Waals surface area contributed by atoms with E-state index in [0.717, 1.165) is 12.8 Å². The van der Waals surface area contributed by atoms with E-state index in [4.69, 9.17) is 9.84 Å². The van der Waals surface area contributed by atoms with Crippen LogP contribution in [0.5, 0.6) is 0 Å². The van der Waals surface area contributed by atoms with E-state index in [9.17, 15) is 9.59 Å². The monoisotopic (exact) mass is 384 g/mol. The lowest BCUT2D eigenvalue weighted by Gasteiger charge is -2.13. The fourth-order valence-corrected chi connectivity index (χ4v) is 3.35. The van der Waals surface area contributed by atoms with Gasteiger partial charge in [-0.2, -0.15) is 0 Å². The largest absolute Gasteiger partial charge is 0.481 e. The van der Waals surface area contributed by atoms with Crippen molar-refractivity contribution in [2.24, 2.45) is 0 Å². The maximum Gasteiger partial charge on any atom is 0.307 e. The minimum Gasteiger partial charge on any atom is -0.481 e. The van der Waals surface area contributed by atoms with Crippen molar-refractivity contribution in [3.05, 3.63) is 0 Å². The van der Waals surface area contributed by atoms with Gasteiger partial charge in [-0.1, -0.05) is 104 Å². The number of esters is 1. The first kappa shape index (κ1) is 25.9. The van der Waals surface area contributed by atoms with Crippen molar-refractivity contribution in [3.63, 3.8) is 0 Å². The van der Waals surface area contributed by atoms with Crippen LogP contribution < -0.4 is 0 Å². The number of hydrogen-bond acceptors (Lipinski definition) is 3. The van der Waals surface area contributed by atoms with E-state index in [1.54, 1.807) is 0 Å². The quantitative estimate of drug-likeness (QED) is 0.180. The number of unbranched alkanes of at least 4 members (excludes halogenated alkanes) is 14. The molecule has 4 heteroatoms. The van der Waals surface area contributed by atoms with Gasteiger partial charge in [-0.3, -0.25) is 9.59 Å². The van der Waals surface area contributed by atoms with Crippen LogP contribution in [-0.2, 0) is 14.3 Å². The van der Waals surface area contributed by atoms with Gasteiger partial charge in [0, 0.05) is 6.42 Å². The highest BCUT2D eigenvalue weighted by Crippen LogP contribution is 2.14. The van der Waals surface area contributed by atoms with Crippen LogP contribution in [0.15, 0.2) is 0 Å². The summed E-state index contributed by atoms with van der Waals surface area (Å²) in [6.07, 6.45) is 19.9. The van der Waals surface area contributed by atoms with E-state index in [1.807, 2.05) is 6.92 Å². The third kappa shape index (κ3) is 19.5. The average molecular weight is 385 g/mol. The Morgan fingerprint density at radius 2 is 1.11 bits per heavy atom. The molecule has 1 atom stereocenters. The van der Waals surface area contributed by atoms with Gasteiger partial charge < -0.3 is 9.84 Å². The van der Waals surface area contributed by atoms with Gasteiger partial charge in [0.2, 0.25) is 0 Å². The zero-order valence-electron chi connectivity index (χ0n) is 18.0. The third-order valence-corrected chi connectivity index (χ3v) is 5.14. The number of hydrogen-bond donors (Lipinski definition) is 1. The fourth-order valence-electron chi connectivity index (χ4n) is 3.35. The fraction of sp³-hybridized carbons (Fsp3) is 0.913. The molecule has 0 amide bonds. The first-order valence-corrected chi connectivity index (χ1v) is 11.5. The zero-order valence-corrected chi connectivity index (χ0v) is 18.0. The predicted molar refractivity (Wildman–Crippen MR) is 112 cm³/mol. The molecular weight excluding hydrogens is 340 g/mol. The molecule has 1 N–H and O–H groups in total. The van der Waals surface area contributed by atoms with Gasteiger partial charge in [0.1, 0.15) is 6.10 Å². The van der Waals surface area contributed by atoms with Crippen LogP contribution >= 0.6 is 0 Å². The van der Waals surface area contributed by atoms with Crippen LogP contribution in [0, 0.1) is 0 Å². The first-order chi connectivity index (χ1) is 13.1. The molecule has 0 rings (SSSR count). The van der Waals surface area contributed by atoms with Crippen LogP contribution in [0.2, 0.25) is 0 Å². The van der Waals surface area contributed by atoms with E-state index < -0.39 is 12.1 Å². The van der Waals surface area contributed by atoms with Crippen LogP contribution in [0.25, 0.3) is 0 Å². The maximum absolute atomic E-state index is 11.7. The topological polar surface area (TPSA) is 63.6 Å². The Kier molecular flexibility index (Phi) is 18.9. The number of carboxylic acids is 1. The molecule has 0 saturated carbocycles. The minimum atomic E-state index is -0.915. The molecule has 0 aliphatic carbocycles. The Balaban J connectivity index is 3.30. The third-order valence-electron chi connectivity index (χ3n) is 5.14. The lowest BCUT2D eigenvalue weighted by Crippen LogP contribution is -2.20. The van der Waals surface area contributed by atoms with E-state index in [0.29, 0.717) is 12.8 Å². The number of aliphatic carboxylic acids is 1. The number of carboxylic acid groups (broad SMARTS) is 1. The SMILES string of the molecule is CCCCCCCCCCCCCCCCCC(=O)OC(CC)CC(=O)O. The molecular formula is C23H44O4. The van der Waals surface area contributed by atoms with Crippen LogP contribution in [0.1, 0.15) is 129 Å². The molecule has 0 aromatic heterocycles. The Labute approximate surface area is 167 Å². The second-order valence-electron chi connectivity index (χ2n) is 7.82. The summed E-state index contributed by atoms with van der Waals surface area (Å²) in [5, 5.41) is 8.75. The lowest BCUT2D eigenvalue weighted by molar-refractivity contribution is -0.153. The highest BCUT2D eigenvalue weighted by atomic mass is 16.5. The second-order valence-corrected chi connectivity index (χ2v) is 7.82. The van der Waals surface area contributed by atoms with Gasteiger partial charge in [-0.25, -0.2) is 0 Å². The van der Waals surface area contributed by atoms with Gasteiger partial charge >= 0.3 is 11.9 Å². The number of ether oxygens (including phenoxy) is 1. The van der Waals surface area contributed by atoms with Crippen molar-refractivity contribution >= 4 is 11.9 Å². The molecule has 0 heterocycles. The van der Waals surface area contributed by atoms with Gasteiger partial charge in [-0.05, 0) is 12.8 Å². The molecule has 0 aromatic rings. The van der Waals surface area contributed by atoms with E-state index in [1.165, 1.54) is 83.5 Å². The maximum atomic E-state index is 11.7. The standard InChI is InChI=1S/C23H44O4/c1-3-5-6-7-8-9-10-11-12-13-14-15-16-17-18-19-23(26)27-21(4-2)20-22(24)25/h21H,3-20H2,1-2H3,(H,24,25). The smallest absolute Gasteiger partial charge is 0.307 e. The van der Waals surface area contributed by atoms with Gasteiger partial charge in [0.25, 0.3) is 0 Å². The molecule has 0 aliphatic rings. The summed E-state index contributed by atoms with van der Waals surface area (Å²) in [6.45, 7) is 4.11. The first-order valence-electron chi connectivity index (χ1n) is 11.5. The molecule has 0 radical (unpaired) electrons. The predicted octanol–water partition coefficient (Wildman–Crippen LogP) is 7.04. The van der Waals surface area contributed by atoms with E-state index >= 15 is 0 Å². The Morgan fingerprint density at radius 3 is 1.48 bits per heavy atom. The summed E-state index contributed by atoms with van der Waals surface area (Å²) in [5.41, 5.74) is 0. The summed E-state index contributed by atoms with van der Waals surface area (Å²) in [7, 11) is 0. The lowest BCUT2D eigenvalue weighted by atomic mass is 10.0. The molecule has 27 heavy (non-hydrogen) atoms. The van der Waals surface area contributed by atoms with Crippen LogP contribution in [0.4, 0.5) is 0 Å². The van der Waals surface area contributed by atoms with Gasteiger partial charge in [-0.15, -0.1) is 0 Å². The molecule has 0 bridgehead atoms. The van der Waals surface area contributed by atoms with Crippen molar-refractivity contribution in [2.45, 2.75) is 136 Å². The summed E-state index contributed by atoms with van der Waals surface area (Å²) in [6, 6.07) is 0. The van der Waals surface area contributed by atoms with Crippen molar-refractivity contribution in [1.29, 1.82) is 0 Å². The van der Waals surface area contributed by atoms with Crippen LogP contribution in [-0.4, -0.2) is 23.1 Å². The molecule has 0 saturated heterocycles. The normalized spacial score (nSPS) is 12.1. The second kappa shape index (κ2) is 19.7. The van der Waals surface area contributed by atoms with Crippen molar-refractivity contribution in [1.82, 2.24) is 0 Å². The van der Waals surface area contributed by atoms with E-state index in [-0.39, 0.29) is 12.4 Å². The molecule has 0 aromatic carbocycles. The molecule has 0 spiro atoms. The van der Waals surface area contributed by atoms with Gasteiger partial charge in [0.05, 0.1) is 6.42 Å². The molecule has 0 aliphatic heterocycles. The highest BCUT2D eigenvalue weighted by molar-refractivity contribution is 5.71. The summed E-state index contributed by atoms with van der Waals surface area (Å²) < 4.78 is 5.21. The number of rotatable bonds is 20. The Morgan fingerprint density at radius 1 is 0.704 bits per heavy atom. The minimum absolute atomic E-state index is 0.0961. The van der Waals surface area contributed by atoms with Crippen molar-refractivity contribution in [2.75, 3.05) is 0 Å².